The van der Waals surface area contributed by atoms with Crippen LogP contribution >= 0.6 is 31.9 Å². The van der Waals surface area contributed by atoms with Crippen LogP contribution in [0.3, 0.4) is 0 Å². The van der Waals surface area contributed by atoms with Crippen LogP contribution in [0.4, 0.5) is 5.69 Å². The molecular formula is C13H11Br2NO2S. The van der Waals surface area contributed by atoms with Crippen molar-refractivity contribution in [1.29, 1.82) is 0 Å². The highest BCUT2D eigenvalue weighted by Crippen LogP contribution is 2.28. The van der Waals surface area contributed by atoms with E-state index in [1.165, 1.54) is 0 Å². The number of aryl methyl sites for hydroxylation is 1. The van der Waals surface area contributed by atoms with Crippen LogP contribution in [0.15, 0.2) is 56.3 Å². The van der Waals surface area contributed by atoms with Crippen LogP contribution in [-0.4, -0.2) is 8.42 Å². The lowest BCUT2D eigenvalue weighted by molar-refractivity contribution is 0.600. The second-order valence-corrected chi connectivity index (χ2v) is 7.38. The second kappa shape index (κ2) is 5.64. The Bertz CT molecular complexity index is 714. The van der Waals surface area contributed by atoms with Gasteiger partial charge in [-0.1, -0.05) is 18.2 Å². The van der Waals surface area contributed by atoms with Crippen LogP contribution in [-0.2, 0) is 10.0 Å². The van der Waals surface area contributed by atoms with Crippen LogP contribution in [0.5, 0.6) is 0 Å². The van der Waals surface area contributed by atoms with E-state index in [9.17, 15) is 8.42 Å². The van der Waals surface area contributed by atoms with E-state index in [4.69, 9.17) is 0 Å². The standard InChI is InChI=1S/C13H11Br2NO2S/c1-9-6-7-12(11(15)8-9)16-19(17,18)13-5-3-2-4-10(13)14/h2-8,16H,1H3. The van der Waals surface area contributed by atoms with Crippen molar-refractivity contribution in [2.75, 3.05) is 4.72 Å². The van der Waals surface area contributed by atoms with Gasteiger partial charge in [-0.2, -0.15) is 0 Å². The average Bonchev–Trinajstić information content (AvgIpc) is 2.33. The molecule has 0 aromatic heterocycles. The highest BCUT2D eigenvalue weighted by atomic mass is 79.9. The zero-order valence-corrected chi connectivity index (χ0v) is 14.0. The smallest absolute Gasteiger partial charge is 0.263 e. The molecule has 19 heavy (non-hydrogen) atoms. The Balaban J connectivity index is 2.40. The molecule has 2 aromatic carbocycles. The Hall–Kier alpha value is -0.850. The van der Waals surface area contributed by atoms with Crippen molar-refractivity contribution in [1.82, 2.24) is 0 Å². The fourth-order valence-electron chi connectivity index (χ4n) is 1.57. The number of anilines is 1. The summed E-state index contributed by atoms with van der Waals surface area (Å²) in [7, 11) is -3.61. The van der Waals surface area contributed by atoms with Gasteiger partial charge in [0, 0.05) is 8.95 Å². The van der Waals surface area contributed by atoms with E-state index in [1.54, 1.807) is 30.3 Å². The lowest BCUT2D eigenvalue weighted by Gasteiger charge is -2.11. The van der Waals surface area contributed by atoms with Crippen LogP contribution in [0.2, 0.25) is 0 Å². The minimum Gasteiger partial charge on any atom is -0.278 e. The monoisotopic (exact) mass is 403 g/mol. The maximum absolute atomic E-state index is 12.3. The van der Waals surface area contributed by atoms with Crippen molar-refractivity contribution < 1.29 is 8.42 Å². The average molecular weight is 405 g/mol. The Kier molecular flexibility index (Phi) is 4.32. The molecule has 1 N–H and O–H groups in total. The molecule has 0 bridgehead atoms. The minimum absolute atomic E-state index is 0.211. The summed E-state index contributed by atoms with van der Waals surface area (Å²) >= 11 is 6.60. The van der Waals surface area contributed by atoms with Crippen LogP contribution in [0.1, 0.15) is 5.56 Å². The fourth-order valence-corrected chi connectivity index (χ4v) is 4.37. The Labute approximate surface area is 129 Å². The number of rotatable bonds is 3. The molecule has 0 aliphatic rings. The lowest BCUT2D eigenvalue weighted by Crippen LogP contribution is -2.13. The van der Waals surface area contributed by atoms with Crippen LogP contribution < -0.4 is 4.72 Å². The van der Waals surface area contributed by atoms with Gasteiger partial charge in [-0.05, 0) is 68.6 Å². The Morgan fingerprint density at radius 2 is 1.68 bits per heavy atom. The van der Waals surface area contributed by atoms with Crippen molar-refractivity contribution in [2.24, 2.45) is 0 Å². The molecule has 100 valence electrons. The van der Waals surface area contributed by atoms with E-state index in [0.29, 0.717) is 14.6 Å². The molecule has 0 saturated heterocycles. The van der Waals surface area contributed by atoms with Gasteiger partial charge >= 0.3 is 0 Å². The van der Waals surface area contributed by atoms with Crippen LogP contribution in [0.25, 0.3) is 0 Å². The van der Waals surface area contributed by atoms with Crippen molar-refractivity contribution in [3.05, 3.63) is 57.0 Å². The van der Waals surface area contributed by atoms with E-state index in [-0.39, 0.29) is 4.90 Å². The summed E-state index contributed by atoms with van der Waals surface area (Å²) in [5.74, 6) is 0. The van der Waals surface area contributed by atoms with Gasteiger partial charge in [-0.3, -0.25) is 4.72 Å². The number of hydrogen-bond acceptors (Lipinski definition) is 2. The summed E-state index contributed by atoms with van der Waals surface area (Å²) in [6, 6.07) is 12.1. The molecule has 0 aliphatic carbocycles. The molecule has 2 aromatic rings. The van der Waals surface area contributed by atoms with Gasteiger partial charge in [0.05, 0.1) is 5.69 Å². The molecule has 3 nitrogen and oxygen atoms in total. The molecule has 0 unspecified atom stereocenters. The van der Waals surface area contributed by atoms with E-state index < -0.39 is 10.0 Å². The molecule has 6 heteroatoms. The normalized spacial score (nSPS) is 11.3. The minimum atomic E-state index is -3.61. The first kappa shape index (κ1) is 14.6. The number of halogens is 2. The molecule has 0 aliphatic heterocycles. The molecular weight excluding hydrogens is 394 g/mol. The molecule has 0 radical (unpaired) electrons. The Morgan fingerprint density at radius 3 is 2.32 bits per heavy atom. The van der Waals surface area contributed by atoms with Gasteiger partial charge in [0.2, 0.25) is 0 Å². The van der Waals surface area contributed by atoms with Crippen molar-refractivity contribution in [3.63, 3.8) is 0 Å². The number of sulfonamides is 1. The summed E-state index contributed by atoms with van der Waals surface area (Å²) in [5, 5.41) is 0. The molecule has 0 saturated carbocycles. The van der Waals surface area contributed by atoms with E-state index in [0.717, 1.165) is 5.56 Å². The zero-order chi connectivity index (χ0) is 14.0. The third-order valence-corrected chi connectivity index (χ3v) is 5.53. The summed E-state index contributed by atoms with van der Waals surface area (Å²) in [6.07, 6.45) is 0. The largest absolute Gasteiger partial charge is 0.278 e. The molecule has 0 atom stereocenters. The number of nitrogens with one attached hydrogen (secondary N) is 1. The van der Waals surface area contributed by atoms with Gasteiger partial charge in [-0.25, -0.2) is 8.42 Å². The van der Waals surface area contributed by atoms with Crippen molar-refractivity contribution >= 4 is 47.6 Å². The highest BCUT2D eigenvalue weighted by molar-refractivity contribution is 9.11. The van der Waals surface area contributed by atoms with E-state index >= 15 is 0 Å². The molecule has 0 amide bonds. The summed E-state index contributed by atoms with van der Waals surface area (Å²) in [6.45, 7) is 1.94. The SMILES string of the molecule is Cc1ccc(NS(=O)(=O)c2ccccc2Br)c(Br)c1. The van der Waals surface area contributed by atoms with Gasteiger partial charge in [-0.15, -0.1) is 0 Å². The van der Waals surface area contributed by atoms with Gasteiger partial charge in [0.1, 0.15) is 4.90 Å². The second-order valence-electron chi connectivity index (χ2n) is 4.02. The fraction of sp³-hybridized carbons (Fsp3) is 0.0769. The first-order chi connectivity index (χ1) is 8.90. The molecule has 0 heterocycles. The summed E-state index contributed by atoms with van der Waals surface area (Å²) in [4.78, 5) is 0.211. The van der Waals surface area contributed by atoms with E-state index in [2.05, 4.69) is 36.6 Å². The van der Waals surface area contributed by atoms with Crippen LogP contribution in [0, 0.1) is 6.92 Å². The Morgan fingerprint density at radius 1 is 1.00 bits per heavy atom. The van der Waals surface area contributed by atoms with Gasteiger partial charge in [0.25, 0.3) is 10.0 Å². The van der Waals surface area contributed by atoms with Gasteiger partial charge in [0.15, 0.2) is 0 Å². The third kappa shape index (κ3) is 3.38. The van der Waals surface area contributed by atoms with E-state index in [1.807, 2.05) is 19.1 Å². The van der Waals surface area contributed by atoms with Crippen molar-refractivity contribution in [2.45, 2.75) is 11.8 Å². The zero-order valence-electron chi connectivity index (χ0n) is 10.0. The maximum atomic E-state index is 12.3. The summed E-state index contributed by atoms with van der Waals surface area (Å²) in [5.41, 5.74) is 1.57. The maximum Gasteiger partial charge on any atom is 0.263 e. The molecule has 2 rings (SSSR count). The van der Waals surface area contributed by atoms with Crippen molar-refractivity contribution in [3.8, 4) is 0 Å². The quantitative estimate of drug-likeness (QED) is 0.827. The number of hydrogen-bond donors (Lipinski definition) is 1. The molecule has 0 spiro atoms. The lowest BCUT2D eigenvalue weighted by atomic mass is 10.2. The third-order valence-electron chi connectivity index (χ3n) is 2.50. The first-order valence-corrected chi connectivity index (χ1v) is 8.50. The predicted molar refractivity (Wildman–Crippen MR) is 83.8 cm³/mol. The topological polar surface area (TPSA) is 46.2 Å². The number of benzene rings is 2. The van der Waals surface area contributed by atoms with Gasteiger partial charge < -0.3 is 0 Å². The first-order valence-electron chi connectivity index (χ1n) is 5.43. The summed E-state index contributed by atoms with van der Waals surface area (Å²) < 4.78 is 28.4. The predicted octanol–water partition coefficient (Wildman–Crippen LogP) is 4.32. The molecule has 0 fully saturated rings. The highest BCUT2D eigenvalue weighted by Gasteiger charge is 2.18.